The summed E-state index contributed by atoms with van der Waals surface area (Å²) in [5, 5.41) is 10.6. The molecule has 0 spiro atoms. The molecule has 2 N–H and O–H groups in total. The molecule has 32 heavy (non-hydrogen) atoms. The highest BCUT2D eigenvalue weighted by Crippen LogP contribution is 2.35. The maximum absolute atomic E-state index is 12.9. The number of hydrogen-bond acceptors (Lipinski definition) is 9. The van der Waals surface area contributed by atoms with E-state index in [2.05, 4.69) is 25.5 Å². The summed E-state index contributed by atoms with van der Waals surface area (Å²) in [6, 6.07) is 8.73. The number of rotatable bonds is 9. The molecule has 0 aliphatic heterocycles. The van der Waals surface area contributed by atoms with Crippen LogP contribution in [0, 0.1) is 0 Å². The van der Waals surface area contributed by atoms with Crippen molar-refractivity contribution in [2.45, 2.75) is 30.4 Å². The Bertz CT molecular complexity index is 1350. The number of H-pyrrole nitrogens is 1. The molecule has 0 amide bonds. The molecule has 0 saturated heterocycles. The number of nitrogens with one attached hydrogen (secondary N) is 2. The monoisotopic (exact) mass is 471 g/mol. The molecule has 0 unspecified atom stereocenters. The SMILES string of the molecule is CC(C)S(=O)(=O)c1cc(OCCc2ccccn2)c2[nH]nc(Nc3ncc(C=O)s3)c2c1. The third kappa shape index (κ3) is 4.48. The zero-order chi connectivity index (χ0) is 22.7. The predicted octanol–water partition coefficient (Wildman–Crippen LogP) is 3.77. The molecular weight excluding hydrogens is 450 g/mol. The van der Waals surface area contributed by atoms with Crippen molar-refractivity contribution in [3.63, 3.8) is 0 Å². The lowest BCUT2D eigenvalue weighted by molar-refractivity contribution is 0.112. The molecule has 4 rings (SSSR count). The zero-order valence-corrected chi connectivity index (χ0v) is 19.0. The van der Waals surface area contributed by atoms with Gasteiger partial charge in [0.1, 0.15) is 11.3 Å². The topological polar surface area (TPSA) is 127 Å². The van der Waals surface area contributed by atoms with Crippen molar-refractivity contribution in [1.82, 2.24) is 20.2 Å². The first-order chi connectivity index (χ1) is 15.4. The molecule has 11 heteroatoms. The molecule has 1 aromatic carbocycles. The second-order valence-electron chi connectivity index (χ2n) is 7.24. The number of carbonyl (C=O) groups is 1. The fourth-order valence-corrected chi connectivity index (χ4v) is 4.75. The molecule has 0 aliphatic carbocycles. The van der Waals surface area contributed by atoms with Gasteiger partial charge in [0.15, 0.2) is 27.1 Å². The lowest BCUT2D eigenvalue weighted by Gasteiger charge is -2.12. The largest absolute Gasteiger partial charge is 0.491 e. The van der Waals surface area contributed by atoms with Crippen LogP contribution in [0.3, 0.4) is 0 Å². The van der Waals surface area contributed by atoms with E-state index in [1.807, 2.05) is 18.2 Å². The fraction of sp³-hybridized carbons (Fsp3) is 0.238. The first-order valence-electron chi connectivity index (χ1n) is 9.85. The molecule has 166 valence electrons. The van der Waals surface area contributed by atoms with E-state index in [4.69, 9.17) is 4.74 Å². The molecule has 3 aromatic heterocycles. The van der Waals surface area contributed by atoms with Crippen LogP contribution < -0.4 is 10.1 Å². The summed E-state index contributed by atoms with van der Waals surface area (Å²) in [5.41, 5.74) is 1.43. The third-order valence-corrected chi connectivity index (χ3v) is 7.74. The Morgan fingerprint density at radius 2 is 2.09 bits per heavy atom. The van der Waals surface area contributed by atoms with E-state index in [-0.39, 0.29) is 4.90 Å². The highest BCUT2D eigenvalue weighted by atomic mass is 32.2. The van der Waals surface area contributed by atoms with Crippen LogP contribution in [0.2, 0.25) is 0 Å². The summed E-state index contributed by atoms with van der Waals surface area (Å²) < 4.78 is 31.7. The standard InChI is InChI=1S/C21H21N5O4S2/c1-13(2)32(28,29)16-9-17-19(18(10-16)30-8-6-14-5-3-4-7-22-14)25-26-20(17)24-21-23-11-15(12-27)31-21/h3-5,7,9-13H,6,8H2,1-2H3,(H2,23,24,25,26). The molecule has 9 nitrogen and oxygen atoms in total. The number of sulfone groups is 1. The van der Waals surface area contributed by atoms with Gasteiger partial charge in [-0.25, -0.2) is 13.4 Å². The summed E-state index contributed by atoms with van der Waals surface area (Å²) >= 11 is 1.17. The molecule has 0 saturated carbocycles. The number of nitrogens with zero attached hydrogens (tertiary/aromatic N) is 3. The zero-order valence-electron chi connectivity index (χ0n) is 17.4. The Hall–Kier alpha value is -3.31. The number of pyridine rings is 1. The normalized spacial score (nSPS) is 11.7. The van der Waals surface area contributed by atoms with Gasteiger partial charge in [-0.15, -0.1) is 0 Å². The van der Waals surface area contributed by atoms with Crippen molar-refractivity contribution in [3.05, 3.63) is 53.3 Å². The van der Waals surface area contributed by atoms with Crippen LogP contribution in [0.15, 0.2) is 47.6 Å². The number of aldehydes is 1. The van der Waals surface area contributed by atoms with E-state index in [0.29, 0.717) is 51.8 Å². The number of thiazole rings is 1. The lowest BCUT2D eigenvalue weighted by Crippen LogP contribution is -2.14. The quantitative estimate of drug-likeness (QED) is 0.353. The minimum atomic E-state index is -3.56. The van der Waals surface area contributed by atoms with Crippen molar-refractivity contribution in [2.24, 2.45) is 0 Å². The van der Waals surface area contributed by atoms with Gasteiger partial charge in [-0.2, -0.15) is 5.10 Å². The van der Waals surface area contributed by atoms with E-state index in [1.165, 1.54) is 23.6 Å². The van der Waals surface area contributed by atoms with Crippen LogP contribution in [-0.4, -0.2) is 46.7 Å². The van der Waals surface area contributed by atoms with Crippen molar-refractivity contribution in [3.8, 4) is 5.75 Å². The van der Waals surface area contributed by atoms with Crippen molar-refractivity contribution >= 4 is 49.3 Å². The summed E-state index contributed by atoms with van der Waals surface area (Å²) in [4.78, 5) is 20.0. The Balaban J connectivity index is 1.70. The Labute approximate surface area is 188 Å². The van der Waals surface area contributed by atoms with Gasteiger partial charge in [0.25, 0.3) is 0 Å². The predicted molar refractivity (Wildman–Crippen MR) is 123 cm³/mol. The van der Waals surface area contributed by atoms with Crippen LogP contribution in [0.25, 0.3) is 10.9 Å². The van der Waals surface area contributed by atoms with E-state index in [0.717, 1.165) is 5.69 Å². The van der Waals surface area contributed by atoms with E-state index in [9.17, 15) is 13.2 Å². The molecular formula is C21H21N5O4S2. The van der Waals surface area contributed by atoms with E-state index in [1.54, 1.807) is 26.1 Å². The van der Waals surface area contributed by atoms with E-state index < -0.39 is 15.1 Å². The third-order valence-electron chi connectivity index (χ3n) is 4.77. The average Bonchev–Trinajstić information content (AvgIpc) is 3.41. The first kappa shape index (κ1) is 21.9. The van der Waals surface area contributed by atoms with Crippen molar-refractivity contribution < 1.29 is 17.9 Å². The first-order valence-corrected chi connectivity index (χ1v) is 12.2. The Kier molecular flexibility index (Phi) is 6.19. The summed E-state index contributed by atoms with van der Waals surface area (Å²) in [6.45, 7) is 3.58. The number of hydrogen-bond donors (Lipinski definition) is 2. The van der Waals surface area contributed by atoms with Crippen molar-refractivity contribution in [2.75, 3.05) is 11.9 Å². The molecule has 0 radical (unpaired) electrons. The number of anilines is 2. The van der Waals surface area contributed by atoms with Gasteiger partial charge < -0.3 is 10.1 Å². The number of fused-ring (bicyclic) bond motifs is 1. The Morgan fingerprint density at radius 1 is 1.25 bits per heavy atom. The van der Waals surface area contributed by atoms with Gasteiger partial charge >= 0.3 is 0 Å². The number of benzene rings is 1. The summed E-state index contributed by atoms with van der Waals surface area (Å²) in [6.07, 6.45) is 4.45. The van der Waals surface area contributed by atoms with Gasteiger partial charge in [0, 0.05) is 29.8 Å². The van der Waals surface area contributed by atoms with Crippen molar-refractivity contribution in [1.29, 1.82) is 0 Å². The number of aromatic amines is 1. The smallest absolute Gasteiger partial charge is 0.189 e. The number of carbonyl (C=O) groups excluding carboxylic acids is 1. The Morgan fingerprint density at radius 3 is 2.78 bits per heavy atom. The highest BCUT2D eigenvalue weighted by molar-refractivity contribution is 7.92. The van der Waals surface area contributed by atoms with Crippen LogP contribution >= 0.6 is 11.3 Å². The average molecular weight is 472 g/mol. The molecule has 0 bridgehead atoms. The van der Waals surface area contributed by atoms with Crippen LogP contribution in [0.4, 0.5) is 10.9 Å². The molecule has 0 aliphatic rings. The summed E-state index contributed by atoms with van der Waals surface area (Å²) in [7, 11) is -3.56. The highest BCUT2D eigenvalue weighted by Gasteiger charge is 2.23. The van der Waals surface area contributed by atoms with Gasteiger partial charge in [0.05, 0.1) is 27.8 Å². The maximum atomic E-state index is 12.9. The minimum absolute atomic E-state index is 0.144. The maximum Gasteiger partial charge on any atom is 0.189 e. The minimum Gasteiger partial charge on any atom is -0.491 e. The molecule has 0 fully saturated rings. The van der Waals surface area contributed by atoms with Gasteiger partial charge in [-0.3, -0.25) is 14.9 Å². The number of aromatic nitrogens is 4. The lowest BCUT2D eigenvalue weighted by atomic mass is 10.2. The van der Waals surface area contributed by atoms with Gasteiger partial charge in [-0.05, 0) is 32.0 Å². The molecule has 0 atom stereocenters. The molecule has 3 heterocycles. The molecule has 4 aromatic rings. The van der Waals surface area contributed by atoms with Crippen LogP contribution in [0.5, 0.6) is 5.75 Å². The fourth-order valence-electron chi connectivity index (χ4n) is 3.02. The number of ether oxygens (including phenoxy) is 1. The second-order valence-corrected chi connectivity index (χ2v) is 10.8. The second kappa shape index (κ2) is 9.05. The van der Waals surface area contributed by atoms with Gasteiger partial charge in [-0.1, -0.05) is 17.4 Å². The van der Waals surface area contributed by atoms with Crippen LogP contribution in [0.1, 0.15) is 29.2 Å². The van der Waals surface area contributed by atoms with Gasteiger partial charge in [0.2, 0.25) is 0 Å². The van der Waals surface area contributed by atoms with E-state index >= 15 is 0 Å². The van der Waals surface area contributed by atoms with Crippen LogP contribution in [-0.2, 0) is 16.3 Å². The summed E-state index contributed by atoms with van der Waals surface area (Å²) in [5.74, 6) is 0.771.